The van der Waals surface area contributed by atoms with Gasteiger partial charge in [0.05, 0.1) is 0 Å². The Kier molecular flexibility index (Phi) is 4.21. The van der Waals surface area contributed by atoms with Gasteiger partial charge in [0.25, 0.3) is 0 Å². The van der Waals surface area contributed by atoms with Gasteiger partial charge in [0.2, 0.25) is 0 Å². The molecule has 1 heterocycles. The smallest absolute Gasteiger partial charge is 0.106 e. The van der Waals surface area contributed by atoms with Gasteiger partial charge in [0.15, 0.2) is 0 Å². The van der Waals surface area contributed by atoms with Gasteiger partial charge in [0, 0.05) is 23.3 Å². The van der Waals surface area contributed by atoms with Crippen LogP contribution >= 0.6 is 11.6 Å². The second kappa shape index (κ2) is 5.87. The summed E-state index contributed by atoms with van der Waals surface area (Å²) in [5.74, 6) is 1.10. The summed E-state index contributed by atoms with van der Waals surface area (Å²) in [7, 11) is 0. The van der Waals surface area contributed by atoms with Crippen molar-refractivity contribution in [1.29, 1.82) is 0 Å². The molecule has 0 unspecified atom stereocenters. The molecule has 1 aromatic heterocycles. The summed E-state index contributed by atoms with van der Waals surface area (Å²) in [5.41, 5.74) is 2.52. The van der Waals surface area contributed by atoms with E-state index in [4.69, 9.17) is 11.6 Å². The molecule has 0 spiro atoms. The molecule has 0 saturated carbocycles. The molecule has 0 aliphatic carbocycles. The maximum absolute atomic E-state index is 5.85. The molecule has 2 aromatic rings. The summed E-state index contributed by atoms with van der Waals surface area (Å²) in [5, 5.41) is 0.792. The summed E-state index contributed by atoms with van der Waals surface area (Å²) in [6, 6.07) is 8.02. The van der Waals surface area contributed by atoms with Gasteiger partial charge in [-0.1, -0.05) is 30.7 Å². The molecule has 1 N–H and O–H groups in total. The number of aromatic nitrogens is 2. The quantitative estimate of drug-likeness (QED) is 0.857. The number of hydrogen-bond acceptors (Lipinski definition) is 1. The number of nitrogens with zero attached hydrogens (tertiary/aromatic N) is 1. The van der Waals surface area contributed by atoms with Crippen LogP contribution < -0.4 is 0 Å². The maximum Gasteiger partial charge on any atom is 0.106 e. The fraction of sp³-hybridized carbons (Fsp3) is 0.357. The molecule has 17 heavy (non-hydrogen) atoms. The minimum absolute atomic E-state index is 0.792. The van der Waals surface area contributed by atoms with Crippen molar-refractivity contribution >= 4 is 11.6 Å². The van der Waals surface area contributed by atoms with Crippen LogP contribution in [-0.4, -0.2) is 9.97 Å². The van der Waals surface area contributed by atoms with E-state index in [0.29, 0.717) is 0 Å². The first-order chi connectivity index (χ1) is 8.28. The van der Waals surface area contributed by atoms with E-state index in [1.54, 1.807) is 0 Å². The number of aryl methyl sites for hydroxylation is 3. The van der Waals surface area contributed by atoms with Crippen LogP contribution in [0.3, 0.4) is 0 Å². The molecule has 0 saturated heterocycles. The van der Waals surface area contributed by atoms with Crippen LogP contribution in [0.1, 0.15) is 30.4 Å². The van der Waals surface area contributed by atoms with E-state index in [1.165, 1.54) is 11.3 Å². The monoisotopic (exact) mass is 248 g/mol. The zero-order valence-corrected chi connectivity index (χ0v) is 10.8. The number of benzene rings is 1. The van der Waals surface area contributed by atoms with Gasteiger partial charge in [-0.25, -0.2) is 4.98 Å². The molecular formula is C14H17ClN2. The minimum atomic E-state index is 0.792. The summed E-state index contributed by atoms with van der Waals surface area (Å²) in [6.07, 6.45) is 6.12. The van der Waals surface area contributed by atoms with Gasteiger partial charge in [-0.3, -0.25) is 0 Å². The van der Waals surface area contributed by atoms with Crippen LogP contribution in [0.5, 0.6) is 0 Å². The molecule has 0 aliphatic rings. The van der Waals surface area contributed by atoms with Gasteiger partial charge < -0.3 is 4.98 Å². The Hall–Kier alpha value is -1.28. The predicted octanol–water partition coefficient (Wildman–Crippen LogP) is 3.80. The van der Waals surface area contributed by atoms with Crippen LogP contribution in [0.15, 0.2) is 30.5 Å². The third kappa shape index (κ3) is 3.60. The van der Waals surface area contributed by atoms with E-state index in [0.717, 1.165) is 36.5 Å². The molecular weight excluding hydrogens is 232 g/mol. The lowest BCUT2D eigenvalue weighted by molar-refractivity contribution is 0.842. The SMILES string of the molecule is CCCc1ncc(CCc2ccc(Cl)cc2)[nH]1. The summed E-state index contributed by atoms with van der Waals surface area (Å²) >= 11 is 5.85. The van der Waals surface area contributed by atoms with Gasteiger partial charge in [-0.05, 0) is 37.0 Å². The van der Waals surface area contributed by atoms with E-state index in [1.807, 2.05) is 18.3 Å². The van der Waals surface area contributed by atoms with Gasteiger partial charge in [0.1, 0.15) is 5.82 Å². The maximum atomic E-state index is 5.85. The second-order valence-corrected chi connectivity index (χ2v) is 4.67. The first-order valence-corrected chi connectivity index (χ1v) is 6.43. The second-order valence-electron chi connectivity index (χ2n) is 4.23. The van der Waals surface area contributed by atoms with Crippen molar-refractivity contribution in [1.82, 2.24) is 9.97 Å². The molecule has 1 aromatic carbocycles. The molecule has 3 heteroatoms. The molecule has 2 nitrogen and oxygen atoms in total. The number of halogens is 1. The highest BCUT2D eigenvalue weighted by atomic mass is 35.5. The molecule has 0 amide bonds. The Morgan fingerprint density at radius 3 is 2.59 bits per heavy atom. The normalized spacial score (nSPS) is 10.7. The standard InChI is InChI=1S/C14H17ClN2/c1-2-3-14-16-10-13(17-14)9-6-11-4-7-12(15)8-5-11/h4-5,7-8,10H,2-3,6,9H2,1H3,(H,16,17). The minimum Gasteiger partial charge on any atom is -0.346 e. The van der Waals surface area contributed by atoms with Gasteiger partial charge >= 0.3 is 0 Å². The molecule has 0 radical (unpaired) electrons. The Bertz CT molecular complexity index is 459. The number of rotatable bonds is 5. The molecule has 90 valence electrons. The van der Waals surface area contributed by atoms with Crippen molar-refractivity contribution in [2.45, 2.75) is 32.6 Å². The average Bonchev–Trinajstić information content (AvgIpc) is 2.77. The highest BCUT2D eigenvalue weighted by molar-refractivity contribution is 6.30. The summed E-state index contributed by atoms with van der Waals surface area (Å²) < 4.78 is 0. The van der Waals surface area contributed by atoms with Crippen molar-refractivity contribution in [3.05, 3.63) is 52.6 Å². The van der Waals surface area contributed by atoms with Gasteiger partial charge in [-0.2, -0.15) is 0 Å². The Labute approximate surface area is 107 Å². The highest BCUT2D eigenvalue weighted by Gasteiger charge is 2.00. The van der Waals surface area contributed by atoms with Crippen LogP contribution in [-0.2, 0) is 19.3 Å². The van der Waals surface area contributed by atoms with Crippen molar-refractivity contribution in [3.63, 3.8) is 0 Å². The first-order valence-electron chi connectivity index (χ1n) is 6.05. The lowest BCUT2D eigenvalue weighted by Gasteiger charge is -2.00. The van der Waals surface area contributed by atoms with Crippen LogP contribution in [0.2, 0.25) is 5.02 Å². The fourth-order valence-corrected chi connectivity index (χ4v) is 1.95. The van der Waals surface area contributed by atoms with Crippen molar-refractivity contribution < 1.29 is 0 Å². The van der Waals surface area contributed by atoms with E-state index < -0.39 is 0 Å². The molecule has 0 fully saturated rings. The van der Waals surface area contributed by atoms with Gasteiger partial charge in [-0.15, -0.1) is 0 Å². The van der Waals surface area contributed by atoms with Crippen LogP contribution in [0.25, 0.3) is 0 Å². The third-order valence-corrected chi connectivity index (χ3v) is 3.02. The number of imidazole rings is 1. The summed E-state index contributed by atoms with van der Waals surface area (Å²) in [4.78, 5) is 7.71. The van der Waals surface area contributed by atoms with E-state index in [2.05, 4.69) is 29.0 Å². The van der Waals surface area contributed by atoms with E-state index in [9.17, 15) is 0 Å². The molecule has 0 bridgehead atoms. The lowest BCUT2D eigenvalue weighted by Crippen LogP contribution is -1.92. The zero-order valence-electron chi connectivity index (χ0n) is 10.0. The number of nitrogens with one attached hydrogen (secondary N) is 1. The third-order valence-electron chi connectivity index (χ3n) is 2.76. The van der Waals surface area contributed by atoms with Crippen molar-refractivity contribution in [3.8, 4) is 0 Å². The number of hydrogen-bond donors (Lipinski definition) is 1. The molecule has 2 rings (SSSR count). The molecule has 0 aliphatic heterocycles. The number of aromatic amines is 1. The van der Waals surface area contributed by atoms with Crippen molar-refractivity contribution in [2.24, 2.45) is 0 Å². The Morgan fingerprint density at radius 2 is 1.88 bits per heavy atom. The average molecular weight is 249 g/mol. The Morgan fingerprint density at radius 1 is 1.12 bits per heavy atom. The van der Waals surface area contributed by atoms with E-state index in [-0.39, 0.29) is 0 Å². The zero-order chi connectivity index (χ0) is 12.1. The fourth-order valence-electron chi connectivity index (χ4n) is 1.83. The Balaban J connectivity index is 1.90. The highest BCUT2D eigenvalue weighted by Crippen LogP contribution is 2.11. The van der Waals surface area contributed by atoms with E-state index >= 15 is 0 Å². The predicted molar refractivity (Wildman–Crippen MR) is 71.4 cm³/mol. The first kappa shape index (κ1) is 12.2. The topological polar surface area (TPSA) is 28.7 Å². The lowest BCUT2D eigenvalue weighted by atomic mass is 10.1. The van der Waals surface area contributed by atoms with Crippen LogP contribution in [0.4, 0.5) is 0 Å². The van der Waals surface area contributed by atoms with Crippen molar-refractivity contribution in [2.75, 3.05) is 0 Å². The molecule has 0 atom stereocenters. The number of H-pyrrole nitrogens is 1. The van der Waals surface area contributed by atoms with Crippen LogP contribution in [0, 0.1) is 0 Å². The largest absolute Gasteiger partial charge is 0.346 e. The summed E-state index contributed by atoms with van der Waals surface area (Å²) in [6.45, 7) is 2.16.